The van der Waals surface area contributed by atoms with E-state index in [1.807, 2.05) is 0 Å². The fraction of sp³-hybridized carbons (Fsp3) is 1.00. The number of aliphatic hydroxyl groups is 2. The van der Waals surface area contributed by atoms with Gasteiger partial charge in [0.25, 0.3) is 0 Å². The average molecular weight is 236 g/mol. The summed E-state index contributed by atoms with van der Waals surface area (Å²) in [4.78, 5) is 4.49. The molecule has 0 radical (unpaired) electrons. The van der Waals surface area contributed by atoms with Gasteiger partial charge in [0.1, 0.15) is 0 Å². The zero-order chi connectivity index (χ0) is 12.4. The van der Waals surface area contributed by atoms with Crippen molar-refractivity contribution in [1.82, 2.24) is 9.80 Å². The highest BCUT2D eigenvalue weighted by Crippen LogP contribution is 1.99. The van der Waals surface area contributed by atoms with E-state index in [4.69, 9.17) is 25.3 Å². The van der Waals surface area contributed by atoms with Crippen LogP contribution in [0.2, 0.25) is 0 Å². The van der Waals surface area contributed by atoms with E-state index in [-0.39, 0.29) is 13.2 Å². The van der Waals surface area contributed by atoms with Gasteiger partial charge in [0, 0.05) is 39.3 Å². The number of hydrogen-bond donors (Lipinski definition) is 5. The molecule has 0 amide bonds. The summed E-state index contributed by atoms with van der Waals surface area (Å²) in [6.45, 7) is 6.13. The summed E-state index contributed by atoms with van der Waals surface area (Å²) < 4.78 is 0. The van der Waals surface area contributed by atoms with Gasteiger partial charge >= 0.3 is 7.32 Å². The highest BCUT2D eigenvalue weighted by molar-refractivity contribution is 6.30. The SMILES string of the molecule is OB(O)O.OCCN1CCN(CCO)CC1. The van der Waals surface area contributed by atoms with Crippen LogP contribution in [0.1, 0.15) is 0 Å². The Morgan fingerprint density at radius 1 is 0.750 bits per heavy atom. The van der Waals surface area contributed by atoms with Gasteiger partial charge < -0.3 is 25.3 Å². The Morgan fingerprint density at radius 3 is 1.19 bits per heavy atom. The Bertz CT molecular complexity index is 139. The van der Waals surface area contributed by atoms with E-state index in [0.717, 1.165) is 39.3 Å². The fourth-order valence-corrected chi connectivity index (χ4v) is 1.52. The molecule has 0 unspecified atom stereocenters. The molecular weight excluding hydrogens is 215 g/mol. The van der Waals surface area contributed by atoms with E-state index in [1.165, 1.54) is 0 Å². The van der Waals surface area contributed by atoms with Gasteiger partial charge in [0.15, 0.2) is 0 Å². The van der Waals surface area contributed by atoms with Crippen LogP contribution in [-0.4, -0.2) is 94.9 Å². The molecule has 0 bridgehead atoms. The van der Waals surface area contributed by atoms with Crippen LogP contribution in [0.25, 0.3) is 0 Å². The van der Waals surface area contributed by atoms with Crippen molar-refractivity contribution in [2.24, 2.45) is 0 Å². The van der Waals surface area contributed by atoms with Crippen molar-refractivity contribution in [1.29, 1.82) is 0 Å². The van der Waals surface area contributed by atoms with E-state index in [9.17, 15) is 0 Å². The van der Waals surface area contributed by atoms with Crippen LogP contribution in [0.5, 0.6) is 0 Å². The van der Waals surface area contributed by atoms with Crippen LogP contribution in [0, 0.1) is 0 Å². The molecule has 0 saturated carbocycles. The van der Waals surface area contributed by atoms with Crippen LogP contribution < -0.4 is 0 Å². The summed E-state index contributed by atoms with van der Waals surface area (Å²) in [5.41, 5.74) is 0. The molecule has 8 heteroatoms. The van der Waals surface area contributed by atoms with Gasteiger partial charge in [-0.3, -0.25) is 9.80 Å². The normalized spacial score (nSPS) is 17.8. The van der Waals surface area contributed by atoms with Gasteiger partial charge in [-0.05, 0) is 0 Å². The number of hydrogen-bond acceptors (Lipinski definition) is 7. The first-order valence-electron chi connectivity index (χ1n) is 5.30. The maximum atomic E-state index is 8.69. The second-order valence-electron chi connectivity index (χ2n) is 3.48. The van der Waals surface area contributed by atoms with E-state index in [1.54, 1.807) is 0 Å². The second-order valence-corrected chi connectivity index (χ2v) is 3.48. The highest BCUT2D eigenvalue weighted by atomic mass is 16.5. The molecule has 1 heterocycles. The third-order valence-electron chi connectivity index (χ3n) is 2.30. The van der Waals surface area contributed by atoms with Crippen LogP contribution in [0.4, 0.5) is 0 Å². The Kier molecular flexibility index (Phi) is 9.84. The minimum absolute atomic E-state index is 0.250. The van der Waals surface area contributed by atoms with E-state index in [2.05, 4.69) is 9.80 Å². The molecule has 0 aromatic carbocycles. The van der Waals surface area contributed by atoms with Crippen LogP contribution in [0.15, 0.2) is 0 Å². The van der Waals surface area contributed by atoms with Gasteiger partial charge in [-0.25, -0.2) is 0 Å². The quantitative estimate of drug-likeness (QED) is 0.323. The number of piperazine rings is 1. The number of aliphatic hydroxyl groups excluding tert-OH is 2. The van der Waals surface area contributed by atoms with E-state index < -0.39 is 7.32 Å². The molecule has 0 aromatic rings. The minimum Gasteiger partial charge on any atom is -0.402 e. The number of β-amino-alcohol motifs (C(OH)–C–C–N with tert-alkyl or cyclic N) is 2. The first kappa shape index (κ1) is 15.8. The summed E-state index contributed by atoms with van der Waals surface area (Å²) in [6, 6.07) is 0. The number of nitrogens with zero attached hydrogens (tertiary/aromatic N) is 2. The summed E-state index contributed by atoms with van der Waals surface area (Å²) >= 11 is 0. The second kappa shape index (κ2) is 9.97. The lowest BCUT2D eigenvalue weighted by Crippen LogP contribution is -2.47. The zero-order valence-electron chi connectivity index (χ0n) is 9.36. The van der Waals surface area contributed by atoms with Gasteiger partial charge in [-0.15, -0.1) is 0 Å². The molecule has 1 aliphatic heterocycles. The van der Waals surface area contributed by atoms with E-state index in [0.29, 0.717) is 0 Å². The molecule has 5 N–H and O–H groups in total. The van der Waals surface area contributed by atoms with Crippen molar-refractivity contribution in [3.8, 4) is 0 Å². The zero-order valence-corrected chi connectivity index (χ0v) is 9.36. The Morgan fingerprint density at radius 2 is 1.00 bits per heavy atom. The van der Waals surface area contributed by atoms with Crippen molar-refractivity contribution in [3.63, 3.8) is 0 Å². The molecule has 16 heavy (non-hydrogen) atoms. The molecule has 0 aliphatic carbocycles. The van der Waals surface area contributed by atoms with Crippen molar-refractivity contribution in [2.45, 2.75) is 0 Å². The largest absolute Gasteiger partial charge is 0.631 e. The maximum Gasteiger partial charge on any atom is 0.631 e. The lowest BCUT2D eigenvalue weighted by molar-refractivity contribution is 0.0984. The first-order valence-corrected chi connectivity index (χ1v) is 5.30. The maximum absolute atomic E-state index is 8.69. The third kappa shape index (κ3) is 9.04. The predicted molar refractivity (Wildman–Crippen MR) is 59.5 cm³/mol. The molecule has 0 spiro atoms. The molecule has 0 aromatic heterocycles. The molecule has 1 aliphatic rings. The van der Waals surface area contributed by atoms with Crippen molar-refractivity contribution < 1.29 is 25.3 Å². The molecule has 1 fully saturated rings. The first-order chi connectivity index (χ1) is 7.60. The molecule has 7 nitrogen and oxygen atoms in total. The van der Waals surface area contributed by atoms with E-state index >= 15 is 0 Å². The van der Waals surface area contributed by atoms with Gasteiger partial charge in [-0.2, -0.15) is 0 Å². The summed E-state index contributed by atoms with van der Waals surface area (Å²) in [5, 5.41) is 38.9. The van der Waals surface area contributed by atoms with Gasteiger partial charge in [0.05, 0.1) is 13.2 Å². The lowest BCUT2D eigenvalue weighted by Gasteiger charge is -2.33. The minimum atomic E-state index is -2.17. The Labute approximate surface area is 95.7 Å². The summed E-state index contributed by atoms with van der Waals surface area (Å²) in [5.74, 6) is 0. The van der Waals surface area contributed by atoms with Crippen molar-refractivity contribution in [3.05, 3.63) is 0 Å². The summed E-state index contributed by atoms with van der Waals surface area (Å²) in [6.07, 6.45) is 0. The van der Waals surface area contributed by atoms with Gasteiger partial charge in [-0.1, -0.05) is 0 Å². The Balaban J connectivity index is 0.000000487. The van der Waals surface area contributed by atoms with Crippen molar-refractivity contribution in [2.75, 3.05) is 52.5 Å². The smallest absolute Gasteiger partial charge is 0.402 e. The van der Waals surface area contributed by atoms with Gasteiger partial charge in [0.2, 0.25) is 0 Å². The number of rotatable bonds is 4. The lowest BCUT2D eigenvalue weighted by atomic mass is 10.3. The summed E-state index contributed by atoms with van der Waals surface area (Å²) in [7, 11) is -2.17. The van der Waals surface area contributed by atoms with Crippen LogP contribution >= 0.6 is 0 Å². The highest BCUT2D eigenvalue weighted by Gasteiger charge is 2.14. The third-order valence-corrected chi connectivity index (χ3v) is 2.30. The molecule has 96 valence electrons. The fourth-order valence-electron chi connectivity index (χ4n) is 1.52. The molecule has 1 rings (SSSR count). The van der Waals surface area contributed by atoms with Crippen molar-refractivity contribution >= 4 is 7.32 Å². The van der Waals surface area contributed by atoms with Crippen LogP contribution in [0.3, 0.4) is 0 Å². The Hall–Kier alpha value is -0.215. The monoisotopic (exact) mass is 236 g/mol. The topological polar surface area (TPSA) is 108 Å². The molecule has 0 atom stereocenters. The average Bonchev–Trinajstić information content (AvgIpc) is 2.21. The molecular formula is C8H21BN2O5. The standard InChI is InChI=1S/C8H18N2O2.BH3O3/c11-7-5-9-1-2-10(4-3-9)6-8-12;2-1(3)4/h11-12H,1-8H2;2-4H. The van der Waals surface area contributed by atoms with Crippen LogP contribution in [-0.2, 0) is 0 Å². The molecule has 1 saturated heterocycles. The predicted octanol–water partition coefficient (Wildman–Crippen LogP) is -3.46.